The number of hydrogen-bond acceptors (Lipinski definition) is 4. The Morgan fingerprint density at radius 2 is 2.15 bits per heavy atom. The number of methoxy groups -OCH3 is 1. The Labute approximate surface area is 76.4 Å². The van der Waals surface area contributed by atoms with Crippen LogP contribution in [0.15, 0.2) is 35.4 Å². The van der Waals surface area contributed by atoms with Crippen LogP contribution in [0.25, 0.3) is 0 Å². The number of rotatable bonds is 2. The van der Waals surface area contributed by atoms with E-state index in [4.69, 9.17) is 5.26 Å². The van der Waals surface area contributed by atoms with Crippen molar-refractivity contribution in [2.75, 3.05) is 12.5 Å². The van der Waals surface area contributed by atoms with E-state index in [0.717, 1.165) is 5.69 Å². The smallest absolute Gasteiger partial charge is 0.312 e. The fraction of sp³-hybridized carbons (Fsp3) is 0.111. The Hall–Kier alpha value is -2.02. The van der Waals surface area contributed by atoms with Crippen molar-refractivity contribution in [2.24, 2.45) is 5.10 Å². The number of nitriles is 1. The van der Waals surface area contributed by atoms with Crippen molar-refractivity contribution in [3.05, 3.63) is 30.3 Å². The average Bonchev–Trinajstić information content (AvgIpc) is 2.21. The molecule has 1 rings (SSSR count). The van der Waals surface area contributed by atoms with Crippen molar-refractivity contribution < 1.29 is 4.74 Å². The highest BCUT2D eigenvalue weighted by Crippen LogP contribution is 2.04. The quantitative estimate of drug-likeness (QED) is 0.421. The van der Waals surface area contributed by atoms with Gasteiger partial charge in [-0.25, -0.2) is 0 Å². The molecule has 0 amide bonds. The summed E-state index contributed by atoms with van der Waals surface area (Å²) < 4.78 is 4.65. The van der Waals surface area contributed by atoms with Gasteiger partial charge in [-0.3, -0.25) is 5.43 Å². The monoisotopic (exact) mass is 175 g/mol. The molecule has 1 N–H and O–H groups in total. The molecule has 0 radical (unpaired) electrons. The summed E-state index contributed by atoms with van der Waals surface area (Å²) in [7, 11) is 1.40. The second kappa shape index (κ2) is 4.78. The van der Waals surface area contributed by atoms with Crippen LogP contribution in [0.3, 0.4) is 0 Å². The largest absolute Gasteiger partial charge is 0.472 e. The molecule has 0 atom stereocenters. The lowest BCUT2D eigenvalue weighted by Crippen LogP contribution is -2.01. The minimum atomic E-state index is 0.00357. The van der Waals surface area contributed by atoms with Crippen molar-refractivity contribution in [3.8, 4) is 6.07 Å². The van der Waals surface area contributed by atoms with Crippen LogP contribution in [-0.2, 0) is 4.74 Å². The molecular weight excluding hydrogens is 166 g/mol. The lowest BCUT2D eigenvalue weighted by molar-refractivity contribution is 0.407. The first-order valence-corrected chi connectivity index (χ1v) is 3.69. The van der Waals surface area contributed by atoms with Crippen molar-refractivity contribution in [3.63, 3.8) is 0 Å². The second-order valence-corrected chi connectivity index (χ2v) is 2.21. The van der Waals surface area contributed by atoms with Crippen molar-refractivity contribution in [1.29, 1.82) is 5.26 Å². The lowest BCUT2D eigenvalue weighted by atomic mass is 10.3. The highest BCUT2D eigenvalue weighted by atomic mass is 16.5. The highest BCUT2D eigenvalue weighted by molar-refractivity contribution is 5.91. The van der Waals surface area contributed by atoms with Gasteiger partial charge in [-0.05, 0) is 12.1 Å². The number of hydrogen-bond donors (Lipinski definition) is 1. The van der Waals surface area contributed by atoms with Gasteiger partial charge in [0, 0.05) is 0 Å². The van der Waals surface area contributed by atoms with Crippen LogP contribution in [0, 0.1) is 11.3 Å². The molecule has 0 saturated heterocycles. The van der Waals surface area contributed by atoms with Gasteiger partial charge >= 0.3 is 5.90 Å². The third-order valence-electron chi connectivity index (χ3n) is 1.35. The molecule has 1 aromatic carbocycles. The fourth-order valence-corrected chi connectivity index (χ4v) is 0.744. The predicted molar refractivity (Wildman–Crippen MR) is 50.1 cm³/mol. The maximum absolute atomic E-state index is 8.46. The molecule has 66 valence electrons. The maximum atomic E-state index is 8.46. The van der Waals surface area contributed by atoms with Gasteiger partial charge in [0.15, 0.2) is 6.07 Å². The summed E-state index contributed by atoms with van der Waals surface area (Å²) in [6.07, 6.45) is 0. The van der Waals surface area contributed by atoms with Gasteiger partial charge in [-0.15, -0.1) is 5.10 Å². The predicted octanol–water partition coefficient (Wildman–Crippen LogP) is 1.58. The van der Waals surface area contributed by atoms with Gasteiger partial charge in [-0.2, -0.15) is 5.26 Å². The van der Waals surface area contributed by atoms with Crippen LogP contribution in [0.4, 0.5) is 5.69 Å². The minimum Gasteiger partial charge on any atom is -0.472 e. The summed E-state index contributed by atoms with van der Waals surface area (Å²) in [5, 5.41) is 12.2. The number of benzene rings is 1. The summed E-state index contributed by atoms with van der Waals surface area (Å²) in [4.78, 5) is 0. The van der Waals surface area contributed by atoms with Crippen LogP contribution >= 0.6 is 0 Å². The van der Waals surface area contributed by atoms with Crippen LogP contribution in [-0.4, -0.2) is 13.0 Å². The van der Waals surface area contributed by atoms with Crippen LogP contribution in [0.1, 0.15) is 0 Å². The minimum absolute atomic E-state index is 0.00357. The third kappa shape index (κ3) is 2.83. The molecule has 4 nitrogen and oxygen atoms in total. The molecule has 13 heavy (non-hydrogen) atoms. The second-order valence-electron chi connectivity index (χ2n) is 2.21. The third-order valence-corrected chi connectivity index (χ3v) is 1.35. The maximum Gasteiger partial charge on any atom is 0.312 e. The zero-order valence-corrected chi connectivity index (χ0v) is 7.19. The van der Waals surface area contributed by atoms with E-state index in [2.05, 4.69) is 15.3 Å². The van der Waals surface area contributed by atoms with E-state index in [1.54, 1.807) is 6.07 Å². The lowest BCUT2D eigenvalue weighted by Gasteiger charge is -1.99. The number of nitrogens with one attached hydrogen (secondary N) is 1. The Morgan fingerprint density at radius 1 is 1.46 bits per heavy atom. The van der Waals surface area contributed by atoms with Crippen LogP contribution in [0.5, 0.6) is 0 Å². The SMILES string of the molecule is COC(C#N)=NNc1ccccc1. The van der Waals surface area contributed by atoms with Gasteiger partial charge < -0.3 is 4.74 Å². The molecule has 0 aromatic heterocycles. The highest BCUT2D eigenvalue weighted by Gasteiger charge is 1.92. The van der Waals surface area contributed by atoms with E-state index in [9.17, 15) is 0 Å². The van der Waals surface area contributed by atoms with Crippen LogP contribution in [0.2, 0.25) is 0 Å². The zero-order chi connectivity index (χ0) is 9.52. The molecule has 0 aliphatic rings. The van der Waals surface area contributed by atoms with Crippen molar-refractivity contribution in [2.45, 2.75) is 0 Å². The van der Waals surface area contributed by atoms with Gasteiger partial charge in [0.1, 0.15) is 0 Å². The summed E-state index contributed by atoms with van der Waals surface area (Å²) >= 11 is 0. The summed E-state index contributed by atoms with van der Waals surface area (Å²) in [6.45, 7) is 0. The Balaban J connectivity index is 2.62. The molecule has 1 aromatic rings. The first-order valence-electron chi connectivity index (χ1n) is 3.69. The first-order chi connectivity index (χ1) is 6.36. The van der Waals surface area contributed by atoms with Gasteiger partial charge in [0.05, 0.1) is 12.8 Å². The van der Waals surface area contributed by atoms with E-state index in [1.165, 1.54) is 7.11 Å². The van der Waals surface area contributed by atoms with Crippen molar-refractivity contribution >= 4 is 11.6 Å². The molecule has 0 heterocycles. The number of ether oxygens (including phenoxy) is 1. The molecule has 0 fully saturated rings. The van der Waals surface area contributed by atoms with E-state index in [0.29, 0.717) is 0 Å². The molecule has 4 heteroatoms. The normalized spacial score (nSPS) is 10.3. The topological polar surface area (TPSA) is 57.4 Å². The fourth-order valence-electron chi connectivity index (χ4n) is 0.744. The number of hydrazone groups is 1. The van der Waals surface area contributed by atoms with E-state index < -0.39 is 0 Å². The Kier molecular flexibility index (Phi) is 3.33. The Morgan fingerprint density at radius 3 is 2.69 bits per heavy atom. The molecule has 0 bridgehead atoms. The number of anilines is 1. The molecule has 0 aliphatic heterocycles. The van der Waals surface area contributed by atoms with E-state index in [1.807, 2.05) is 30.3 Å². The summed E-state index contributed by atoms with van der Waals surface area (Å²) in [5.74, 6) is 0.00357. The van der Waals surface area contributed by atoms with Gasteiger partial charge in [-0.1, -0.05) is 18.2 Å². The number of para-hydroxylation sites is 1. The molecule has 0 aliphatic carbocycles. The van der Waals surface area contributed by atoms with Crippen LogP contribution < -0.4 is 5.43 Å². The molecule has 0 unspecified atom stereocenters. The molecular formula is C9H9N3O. The first kappa shape index (κ1) is 9.07. The standard InChI is InChI=1S/C9H9N3O/c1-13-9(7-10)12-11-8-5-3-2-4-6-8/h2-6,11H,1H3. The van der Waals surface area contributed by atoms with Crippen molar-refractivity contribution in [1.82, 2.24) is 0 Å². The van der Waals surface area contributed by atoms with Gasteiger partial charge in [0.2, 0.25) is 0 Å². The average molecular weight is 175 g/mol. The molecule has 0 spiro atoms. The van der Waals surface area contributed by atoms with E-state index >= 15 is 0 Å². The zero-order valence-electron chi connectivity index (χ0n) is 7.19. The molecule has 0 saturated carbocycles. The summed E-state index contributed by atoms with van der Waals surface area (Å²) in [5.41, 5.74) is 3.50. The Bertz CT molecular complexity index is 326. The number of nitrogens with zero attached hydrogens (tertiary/aromatic N) is 2. The van der Waals surface area contributed by atoms with Gasteiger partial charge in [0.25, 0.3) is 0 Å². The van der Waals surface area contributed by atoms with E-state index in [-0.39, 0.29) is 5.90 Å². The summed E-state index contributed by atoms with van der Waals surface area (Å²) in [6, 6.07) is 11.1.